The van der Waals surface area contributed by atoms with Gasteiger partial charge in [0.15, 0.2) is 11.5 Å². The van der Waals surface area contributed by atoms with Gasteiger partial charge in [0.05, 0.1) is 26.6 Å². The van der Waals surface area contributed by atoms with Crippen molar-refractivity contribution in [1.29, 1.82) is 0 Å². The highest BCUT2D eigenvalue weighted by molar-refractivity contribution is 7.57. The first-order chi connectivity index (χ1) is 11.9. The van der Waals surface area contributed by atoms with E-state index in [1.54, 1.807) is 24.5 Å². The van der Waals surface area contributed by atoms with Crippen molar-refractivity contribution in [3.8, 4) is 23.0 Å². The standard InChI is InChI=1S/C17H20NO6P/c1-12(8-13-6-5-7-18-11-13)25(19,20)24-14-9-15(21-2)17(23-4)16(10-14)22-3/h5-7,9-11H,1,8H2,2-4H3,(H,19,20). The van der Waals surface area contributed by atoms with Crippen LogP contribution in [-0.4, -0.2) is 31.2 Å². The molecule has 7 nitrogen and oxygen atoms in total. The second kappa shape index (κ2) is 8.05. The number of hydrogen-bond acceptors (Lipinski definition) is 6. The van der Waals surface area contributed by atoms with Gasteiger partial charge in [-0.3, -0.25) is 4.98 Å². The minimum atomic E-state index is -4.13. The van der Waals surface area contributed by atoms with Crippen molar-refractivity contribution >= 4 is 7.60 Å². The number of rotatable bonds is 8. The van der Waals surface area contributed by atoms with Crippen LogP contribution in [0.4, 0.5) is 0 Å². The molecular weight excluding hydrogens is 345 g/mol. The SMILES string of the molecule is C=C(Cc1cccnc1)P(=O)(O)Oc1cc(OC)c(OC)c(OC)c1. The molecule has 25 heavy (non-hydrogen) atoms. The maximum atomic E-state index is 12.5. The summed E-state index contributed by atoms with van der Waals surface area (Å²) in [5.74, 6) is 1.09. The minimum absolute atomic E-state index is 0.0502. The van der Waals surface area contributed by atoms with Gasteiger partial charge < -0.3 is 23.6 Å². The van der Waals surface area contributed by atoms with Gasteiger partial charge in [0.1, 0.15) is 5.75 Å². The van der Waals surface area contributed by atoms with E-state index in [0.29, 0.717) is 17.2 Å². The molecular formula is C17H20NO6P. The van der Waals surface area contributed by atoms with Crippen LogP contribution < -0.4 is 18.7 Å². The monoisotopic (exact) mass is 365 g/mol. The molecule has 0 saturated heterocycles. The maximum absolute atomic E-state index is 12.5. The lowest BCUT2D eigenvalue weighted by atomic mass is 10.2. The molecule has 134 valence electrons. The summed E-state index contributed by atoms with van der Waals surface area (Å²) in [4.78, 5) is 14.2. The molecule has 1 N–H and O–H groups in total. The third-order valence-electron chi connectivity index (χ3n) is 3.40. The second-order valence-electron chi connectivity index (χ2n) is 5.08. The summed E-state index contributed by atoms with van der Waals surface area (Å²) in [5, 5.41) is 0.0502. The van der Waals surface area contributed by atoms with Gasteiger partial charge in [-0.25, -0.2) is 4.57 Å². The van der Waals surface area contributed by atoms with Crippen molar-refractivity contribution in [3.63, 3.8) is 0 Å². The average Bonchev–Trinajstić information content (AvgIpc) is 2.61. The summed E-state index contributed by atoms with van der Waals surface area (Å²) in [5.41, 5.74) is 0.760. The number of allylic oxidation sites excluding steroid dienone is 1. The van der Waals surface area contributed by atoms with E-state index in [9.17, 15) is 9.46 Å². The van der Waals surface area contributed by atoms with Crippen LogP contribution in [0.3, 0.4) is 0 Å². The van der Waals surface area contributed by atoms with Crippen molar-refractivity contribution < 1.29 is 28.2 Å². The molecule has 1 unspecified atom stereocenters. The molecule has 0 bridgehead atoms. The Morgan fingerprint density at radius 3 is 2.32 bits per heavy atom. The van der Waals surface area contributed by atoms with Gasteiger partial charge in [0.25, 0.3) is 0 Å². The highest BCUT2D eigenvalue weighted by Gasteiger charge is 2.27. The Morgan fingerprint density at radius 1 is 1.20 bits per heavy atom. The molecule has 1 atom stereocenters. The first-order valence-electron chi connectivity index (χ1n) is 7.31. The zero-order valence-electron chi connectivity index (χ0n) is 14.3. The highest BCUT2D eigenvalue weighted by Crippen LogP contribution is 2.53. The lowest BCUT2D eigenvalue weighted by Gasteiger charge is -2.18. The molecule has 0 saturated carbocycles. The van der Waals surface area contributed by atoms with Crippen LogP contribution in [0.5, 0.6) is 23.0 Å². The summed E-state index contributed by atoms with van der Waals surface area (Å²) in [7, 11) is 0.227. The molecule has 1 aromatic heterocycles. The van der Waals surface area contributed by atoms with Crippen LogP contribution in [0.25, 0.3) is 0 Å². The minimum Gasteiger partial charge on any atom is -0.493 e. The molecule has 2 aromatic rings. The number of pyridine rings is 1. The molecule has 0 aliphatic rings. The first kappa shape index (κ1) is 18.8. The zero-order chi connectivity index (χ0) is 18.4. The molecule has 0 spiro atoms. The fourth-order valence-corrected chi connectivity index (χ4v) is 3.06. The summed E-state index contributed by atoms with van der Waals surface area (Å²) < 4.78 is 33.5. The van der Waals surface area contributed by atoms with Crippen molar-refractivity contribution in [3.05, 3.63) is 54.1 Å². The van der Waals surface area contributed by atoms with Crippen LogP contribution in [-0.2, 0) is 11.0 Å². The van der Waals surface area contributed by atoms with Crippen LogP contribution >= 0.6 is 7.60 Å². The van der Waals surface area contributed by atoms with E-state index in [-0.39, 0.29) is 17.5 Å². The fourth-order valence-electron chi connectivity index (χ4n) is 2.16. The second-order valence-corrected chi connectivity index (χ2v) is 6.93. The largest absolute Gasteiger partial charge is 0.493 e. The summed E-state index contributed by atoms with van der Waals surface area (Å²) in [6, 6.07) is 6.42. The molecule has 1 heterocycles. The molecule has 0 radical (unpaired) electrons. The first-order valence-corrected chi connectivity index (χ1v) is 8.88. The van der Waals surface area contributed by atoms with Gasteiger partial charge in [-0.05, 0) is 11.6 Å². The van der Waals surface area contributed by atoms with Gasteiger partial charge in [0, 0.05) is 30.9 Å². The smallest absolute Gasteiger partial charge is 0.403 e. The molecule has 0 amide bonds. The molecule has 1 aromatic carbocycles. The van der Waals surface area contributed by atoms with E-state index in [1.165, 1.54) is 33.5 Å². The number of hydrogen-bond donors (Lipinski definition) is 1. The van der Waals surface area contributed by atoms with Crippen molar-refractivity contribution in [2.45, 2.75) is 6.42 Å². The lowest BCUT2D eigenvalue weighted by Crippen LogP contribution is -2.00. The highest BCUT2D eigenvalue weighted by atomic mass is 31.2. The van der Waals surface area contributed by atoms with Gasteiger partial charge in [-0.15, -0.1) is 0 Å². The zero-order valence-corrected chi connectivity index (χ0v) is 15.2. The van der Waals surface area contributed by atoms with Crippen LogP contribution in [0.2, 0.25) is 0 Å². The van der Waals surface area contributed by atoms with E-state index in [2.05, 4.69) is 11.6 Å². The van der Waals surface area contributed by atoms with E-state index in [4.69, 9.17) is 18.7 Å². The average molecular weight is 365 g/mol. The maximum Gasteiger partial charge on any atom is 0.403 e. The Bertz CT molecular complexity index is 768. The summed E-state index contributed by atoms with van der Waals surface area (Å²) in [6.45, 7) is 3.68. The van der Waals surface area contributed by atoms with Crippen LogP contribution in [0.1, 0.15) is 5.56 Å². The fraction of sp³-hybridized carbons (Fsp3) is 0.235. The number of nitrogens with zero attached hydrogens (tertiary/aromatic N) is 1. The van der Waals surface area contributed by atoms with Crippen molar-refractivity contribution in [2.75, 3.05) is 21.3 Å². The topological polar surface area (TPSA) is 87.1 Å². The van der Waals surface area contributed by atoms with Crippen molar-refractivity contribution in [2.24, 2.45) is 0 Å². The Labute approximate surface area is 146 Å². The quantitative estimate of drug-likeness (QED) is 0.717. The molecule has 0 aliphatic carbocycles. The third kappa shape index (κ3) is 4.53. The van der Waals surface area contributed by atoms with Crippen LogP contribution in [0, 0.1) is 0 Å². The van der Waals surface area contributed by atoms with Crippen LogP contribution in [0.15, 0.2) is 48.6 Å². The normalized spacial score (nSPS) is 12.8. The van der Waals surface area contributed by atoms with E-state index in [1.807, 2.05) is 0 Å². The predicted molar refractivity (Wildman–Crippen MR) is 93.6 cm³/mol. The van der Waals surface area contributed by atoms with E-state index < -0.39 is 7.60 Å². The lowest BCUT2D eigenvalue weighted by molar-refractivity contribution is 0.320. The predicted octanol–water partition coefficient (Wildman–Crippen LogP) is 3.43. The Balaban J connectivity index is 2.24. The summed E-state index contributed by atoms with van der Waals surface area (Å²) in [6.07, 6.45) is 3.40. The Hall–Kier alpha value is -2.50. The van der Waals surface area contributed by atoms with Gasteiger partial charge in [-0.1, -0.05) is 12.6 Å². The van der Waals surface area contributed by atoms with Gasteiger partial charge in [-0.2, -0.15) is 0 Å². The Kier molecular flexibility index (Phi) is 6.07. The molecule has 0 fully saturated rings. The van der Waals surface area contributed by atoms with Crippen molar-refractivity contribution in [1.82, 2.24) is 4.98 Å². The number of methoxy groups -OCH3 is 3. The molecule has 0 aliphatic heterocycles. The summed E-state index contributed by atoms with van der Waals surface area (Å²) >= 11 is 0. The molecule has 8 heteroatoms. The number of aromatic nitrogens is 1. The van der Waals surface area contributed by atoms with Gasteiger partial charge in [0.2, 0.25) is 5.75 Å². The van der Waals surface area contributed by atoms with Gasteiger partial charge >= 0.3 is 7.60 Å². The number of ether oxygens (including phenoxy) is 3. The third-order valence-corrected chi connectivity index (χ3v) is 4.81. The van der Waals surface area contributed by atoms with E-state index >= 15 is 0 Å². The van der Waals surface area contributed by atoms with E-state index in [0.717, 1.165) is 5.56 Å². The Morgan fingerprint density at radius 2 is 1.84 bits per heavy atom. The number of benzene rings is 1. The molecule has 2 rings (SSSR count).